The van der Waals surface area contributed by atoms with Gasteiger partial charge in [-0.3, -0.25) is 19.4 Å². The number of hydrogen-bond acceptors (Lipinski definition) is 7. The van der Waals surface area contributed by atoms with Crippen LogP contribution in [0.3, 0.4) is 0 Å². The highest BCUT2D eigenvalue weighted by atomic mass is 35.5. The van der Waals surface area contributed by atoms with Crippen molar-refractivity contribution in [3.05, 3.63) is 56.8 Å². The molecule has 3 amide bonds. The van der Waals surface area contributed by atoms with Crippen LogP contribution in [0.2, 0.25) is 5.02 Å². The fourth-order valence-corrected chi connectivity index (χ4v) is 6.60. The summed E-state index contributed by atoms with van der Waals surface area (Å²) in [6.45, 7) is 4.26. The minimum absolute atomic E-state index is 0. The molecule has 0 unspecified atom stereocenters. The Balaban J connectivity index is 0.00000370. The van der Waals surface area contributed by atoms with E-state index in [1.54, 1.807) is 36.3 Å². The molecule has 214 valence electrons. The fraction of sp³-hybridized carbons (Fsp3) is 0.464. The zero-order valence-corrected chi connectivity index (χ0v) is 25.2. The quantitative estimate of drug-likeness (QED) is 0.441. The van der Waals surface area contributed by atoms with Gasteiger partial charge in [-0.1, -0.05) is 17.7 Å². The Morgan fingerprint density at radius 2 is 1.90 bits per heavy atom. The second-order valence-corrected chi connectivity index (χ2v) is 12.0. The summed E-state index contributed by atoms with van der Waals surface area (Å²) in [4.78, 5) is 53.6. The molecule has 2 aromatic heterocycles. The summed E-state index contributed by atoms with van der Waals surface area (Å²) in [5, 5.41) is 8.94. The molecule has 9 nitrogen and oxygen atoms in total. The Bertz CT molecular complexity index is 1420. The molecule has 1 aliphatic carbocycles. The van der Waals surface area contributed by atoms with Crippen LogP contribution in [0.4, 0.5) is 0 Å². The lowest BCUT2D eigenvalue weighted by Crippen LogP contribution is -2.56. The molecule has 40 heavy (non-hydrogen) atoms. The molecule has 1 aromatic carbocycles. The average molecular weight is 606 g/mol. The van der Waals surface area contributed by atoms with Crippen LogP contribution in [0.15, 0.2) is 30.5 Å². The van der Waals surface area contributed by atoms with E-state index in [0.29, 0.717) is 35.8 Å². The number of nitrogens with zero attached hydrogens (tertiary/aromatic N) is 4. The van der Waals surface area contributed by atoms with E-state index in [1.165, 1.54) is 11.3 Å². The number of carbonyl (C=O) groups is 3. The zero-order valence-electron chi connectivity index (χ0n) is 22.8. The van der Waals surface area contributed by atoms with Gasteiger partial charge in [-0.05, 0) is 56.8 Å². The number of amides is 3. The van der Waals surface area contributed by atoms with Crippen LogP contribution in [0.5, 0.6) is 0 Å². The highest BCUT2D eigenvalue weighted by Crippen LogP contribution is 2.29. The number of likely N-dealkylation sites (N-methyl/N-ethyl adjacent to an activating group) is 1. The molecule has 0 bridgehead atoms. The lowest BCUT2D eigenvalue weighted by Gasteiger charge is -2.37. The molecule has 2 aliphatic rings. The number of thiazole rings is 1. The van der Waals surface area contributed by atoms with Crippen LogP contribution in [0.1, 0.15) is 57.0 Å². The van der Waals surface area contributed by atoms with E-state index in [2.05, 4.69) is 32.5 Å². The molecule has 5 rings (SSSR count). The van der Waals surface area contributed by atoms with Gasteiger partial charge < -0.3 is 20.4 Å². The average Bonchev–Trinajstić information content (AvgIpc) is 3.36. The van der Waals surface area contributed by atoms with Crippen LogP contribution in [0, 0.1) is 5.92 Å². The minimum atomic E-state index is -0.419. The van der Waals surface area contributed by atoms with E-state index in [4.69, 9.17) is 11.6 Å². The Morgan fingerprint density at radius 3 is 2.67 bits per heavy atom. The SMILES string of the molecule is CCN(C)C(=O)[C@H]1CC[C@H](NC(=O)c2cc3ccc(Cl)cc3cn2)[C@@H](NC(=O)c2nc3c(s2)CN(C)CC3)C1.Cl. The molecule has 1 fully saturated rings. The van der Waals surface area contributed by atoms with E-state index in [0.717, 1.165) is 40.9 Å². The minimum Gasteiger partial charge on any atom is -0.346 e. The maximum Gasteiger partial charge on any atom is 0.280 e. The molecule has 3 aromatic rings. The zero-order chi connectivity index (χ0) is 27.7. The highest BCUT2D eigenvalue weighted by molar-refractivity contribution is 7.13. The van der Waals surface area contributed by atoms with Gasteiger partial charge in [0.1, 0.15) is 5.69 Å². The summed E-state index contributed by atoms with van der Waals surface area (Å²) in [6, 6.07) is 6.40. The molecule has 0 radical (unpaired) electrons. The van der Waals surface area contributed by atoms with Crippen molar-refractivity contribution in [3.8, 4) is 0 Å². The maximum absolute atomic E-state index is 13.3. The summed E-state index contributed by atoms with van der Waals surface area (Å²) in [5.74, 6) is -0.752. The monoisotopic (exact) mass is 604 g/mol. The van der Waals surface area contributed by atoms with Gasteiger partial charge in [0.25, 0.3) is 11.8 Å². The summed E-state index contributed by atoms with van der Waals surface area (Å²) in [5.41, 5.74) is 1.27. The number of pyridine rings is 1. The van der Waals surface area contributed by atoms with Gasteiger partial charge in [-0.25, -0.2) is 4.98 Å². The Hall–Kier alpha value is -2.79. The van der Waals surface area contributed by atoms with Crippen LogP contribution >= 0.6 is 35.3 Å². The third-order valence-electron chi connectivity index (χ3n) is 7.72. The molecule has 3 heterocycles. The van der Waals surface area contributed by atoms with Crippen molar-refractivity contribution in [1.82, 2.24) is 30.4 Å². The third-order valence-corrected chi connectivity index (χ3v) is 9.03. The number of rotatable bonds is 6. The number of carbonyl (C=O) groups excluding carboxylic acids is 3. The topological polar surface area (TPSA) is 108 Å². The highest BCUT2D eigenvalue weighted by Gasteiger charge is 2.37. The Kier molecular flexibility index (Phi) is 9.66. The standard InChI is InChI=1S/C28H33ClN6O3S.ClH/c1-4-35(3)28(38)17-6-8-20(31-25(36)23-12-16-5-7-19(29)11-18(16)14-30-23)22(13-17)32-26(37)27-33-21-9-10-34(2)15-24(21)39-27;/h5,7,11-12,14,17,20,22H,4,6,8-10,13,15H2,1-3H3,(H,31,36)(H,32,37);1H/t17-,20-,22-;/m0./s1. The van der Waals surface area contributed by atoms with Gasteiger partial charge in [-0.15, -0.1) is 23.7 Å². The lowest BCUT2D eigenvalue weighted by atomic mass is 9.81. The number of hydrogen-bond donors (Lipinski definition) is 2. The molecule has 1 aliphatic heterocycles. The van der Waals surface area contributed by atoms with E-state index in [9.17, 15) is 14.4 Å². The van der Waals surface area contributed by atoms with Gasteiger partial charge in [0.05, 0.1) is 11.7 Å². The second kappa shape index (κ2) is 12.8. The molecule has 12 heteroatoms. The predicted molar refractivity (Wildman–Crippen MR) is 159 cm³/mol. The van der Waals surface area contributed by atoms with Crippen molar-refractivity contribution in [2.45, 2.75) is 51.2 Å². The first-order valence-electron chi connectivity index (χ1n) is 13.3. The third kappa shape index (κ3) is 6.57. The fourth-order valence-electron chi connectivity index (χ4n) is 5.32. The largest absolute Gasteiger partial charge is 0.346 e. The molecule has 3 atom stereocenters. The van der Waals surface area contributed by atoms with Gasteiger partial charge >= 0.3 is 0 Å². The molecular weight excluding hydrogens is 571 g/mol. The lowest BCUT2D eigenvalue weighted by molar-refractivity contribution is -0.135. The first-order valence-corrected chi connectivity index (χ1v) is 14.5. The van der Waals surface area contributed by atoms with Crippen LogP contribution in [-0.4, -0.2) is 76.8 Å². The Morgan fingerprint density at radius 1 is 1.12 bits per heavy atom. The predicted octanol–water partition coefficient (Wildman–Crippen LogP) is 3.93. The first-order chi connectivity index (χ1) is 18.7. The molecule has 0 saturated heterocycles. The van der Waals surface area contributed by atoms with Crippen molar-refractivity contribution < 1.29 is 14.4 Å². The van der Waals surface area contributed by atoms with Gasteiger partial charge in [0.15, 0.2) is 5.01 Å². The van der Waals surface area contributed by atoms with Crippen LogP contribution in [-0.2, 0) is 17.8 Å². The molecular formula is C28H34Cl2N6O3S. The normalized spacial score (nSPS) is 20.8. The molecule has 1 saturated carbocycles. The number of nitrogens with one attached hydrogen (secondary N) is 2. The van der Waals surface area contributed by atoms with Crippen LogP contribution in [0.25, 0.3) is 10.8 Å². The van der Waals surface area contributed by atoms with Crippen molar-refractivity contribution in [3.63, 3.8) is 0 Å². The van der Waals surface area contributed by atoms with Crippen molar-refractivity contribution >= 4 is 63.8 Å². The number of halogens is 2. The number of fused-ring (bicyclic) bond motifs is 2. The van der Waals surface area contributed by atoms with Crippen molar-refractivity contribution in [1.29, 1.82) is 0 Å². The van der Waals surface area contributed by atoms with Gasteiger partial charge in [-0.2, -0.15) is 0 Å². The number of aromatic nitrogens is 2. The second-order valence-electron chi connectivity index (χ2n) is 10.5. The summed E-state index contributed by atoms with van der Waals surface area (Å²) in [7, 11) is 3.85. The van der Waals surface area contributed by atoms with Crippen molar-refractivity contribution in [2.75, 3.05) is 27.2 Å². The van der Waals surface area contributed by atoms with E-state index < -0.39 is 6.04 Å². The van der Waals surface area contributed by atoms with Gasteiger partial charge in [0, 0.05) is 66.5 Å². The Labute approximate surface area is 249 Å². The van der Waals surface area contributed by atoms with E-state index in [-0.39, 0.29) is 47.8 Å². The smallest absolute Gasteiger partial charge is 0.280 e. The maximum atomic E-state index is 13.3. The van der Waals surface area contributed by atoms with Crippen molar-refractivity contribution in [2.24, 2.45) is 5.92 Å². The summed E-state index contributed by atoms with van der Waals surface area (Å²) in [6.07, 6.45) is 4.09. The molecule has 0 spiro atoms. The van der Waals surface area contributed by atoms with E-state index >= 15 is 0 Å². The number of benzene rings is 1. The first kappa shape index (κ1) is 30.2. The van der Waals surface area contributed by atoms with Crippen LogP contribution < -0.4 is 10.6 Å². The summed E-state index contributed by atoms with van der Waals surface area (Å²) >= 11 is 7.49. The van der Waals surface area contributed by atoms with Gasteiger partial charge in [0.2, 0.25) is 5.91 Å². The summed E-state index contributed by atoms with van der Waals surface area (Å²) < 4.78 is 0. The van der Waals surface area contributed by atoms with E-state index in [1.807, 2.05) is 13.0 Å². The molecule has 2 N–H and O–H groups in total.